The number of rotatable bonds is 2. The minimum absolute atomic E-state index is 0.344. The molecular formula is C10H16N4O2S. The van der Waals surface area contributed by atoms with Gasteiger partial charge in [-0.1, -0.05) is 11.8 Å². The maximum Gasteiger partial charge on any atom is 0.330 e. The van der Waals surface area contributed by atoms with Gasteiger partial charge < -0.3 is 9.88 Å². The van der Waals surface area contributed by atoms with Crippen LogP contribution >= 0.6 is 11.8 Å². The zero-order valence-electron chi connectivity index (χ0n) is 10.4. The molecule has 1 heterocycles. The Kier molecular flexibility index (Phi) is 4.56. The fourth-order valence-corrected chi connectivity index (χ4v) is 1.78. The van der Waals surface area contributed by atoms with E-state index in [0.717, 1.165) is 4.57 Å². The molecule has 0 aliphatic rings. The summed E-state index contributed by atoms with van der Waals surface area (Å²) in [6.07, 6.45) is 3.35. The Labute approximate surface area is 103 Å². The predicted octanol–water partition coefficient (Wildman–Crippen LogP) is 0.235. The molecule has 1 aromatic rings. The smallest absolute Gasteiger partial charge is 0.329 e. The van der Waals surface area contributed by atoms with Crippen molar-refractivity contribution in [3.63, 3.8) is 0 Å². The summed E-state index contributed by atoms with van der Waals surface area (Å²) in [5.74, 6) is 0. The molecule has 1 rings (SSSR count). The predicted molar refractivity (Wildman–Crippen MR) is 72.0 cm³/mol. The summed E-state index contributed by atoms with van der Waals surface area (Å²) in [5, 5.41) is 3.58. The van der Waals surface area contributed by atoms with Gasteiger partial charge in [0.05, 0.1) is 0 Å². The normalized spacial score (nSPS) is 11.6. The van der Waals surface area contributed by atoms with E-state index in [9.17, 15) is 9.59 Å². The number of aromatic nitrogens is 2. The van der Waals surface area contributed by atoms with Crippen LogP contribution in [0, 0.1) is 0 Å². The highest BCUT2D eigenvalue weighted by atomic mass is 32.2. The molecule has 0 saturated heterocycles. The third kappa shape index (κ3) is 3.00. The number of aliphatic imine (C=N–C) groups is 1. The summed E-state index contributed by atoms with van der Waals surface area (Å²) >= 11 is 1.42. The third-order valence-electron chi connectivity index (χ3n) is 2.18. The highest BCUT2D eigenvalue weighted by Gasteiger charge is 2.08. The molecule has 0 radical (unpaired) electrons. The zero-order chi connectivity index (χ0) is 13.0. The Morgan fingerprint density at radius 2 is 2.12 bits per heavy atom. The van der Waals surface area contributed by atoms with Gasteiger partial charge in [0.15, 0.2) is 5.17 Å². The molecule has 0 aliphatic carbocycles. The molecular weight excluding hydrogens is 240 g/mol. The number of nitrogens with one attached hydrogen (secondary N) is 1. The second-order valence-corrected chi connectivity index (χ2v) is 4.20. The van der Waals surface area contributed by atoms with Crippen LogP contribution in [-0.2, 0) is 14.1 Å². The summed E-state index contributed by atoms with van der Waals surface area (Å²) in [5.41, 5.74) is -0.360. The number of hydrogen-bond acceptors (Lipinski definition) is 4. The maximum absolute atomic E-state index is 11.8. The Balaban J connectivity index is 3.21. The lowest BCUT2D eigenvalue weighted by Gasteiger charge is -2.09. The van der Waals surface area contributed by atoms with E-state index < -0.39 is 0 Å². The first-order chi connectivity index (χ1) is 8.01. The highest BCUT2D eigenvalue weighted by molar-refractivity contribution is 8.13. The Bertz CT molecular complexity index is 544. The average Bonchev–Trinajstić information content (AvgIpc) is 2.32. The third-order valence-corrected chi connectivity index (χ3v) is 2.80. The maximum atomic E-state index is 11.8. The van der Waals surface area contributed by atoms with Crippen molar-refractivity contribution in [2.24, 2.45) is 19.1 Å². The quantitative estimate of drug-likeness (QED) is 0.608. The molecule has 0 spiro atoms. The number of amidine groups is 1. The van der Waals surface area contributed by atoms with Crippen molar-refractivity contribution in [2.75, 3.05) is 18.1 Å². The van der Waals surface area contributed by atoms with E-state index in [4.69, 9.17) is 0 Å². The fourth-order valence-electron chi connectivity index (χ4n) is 1.31. The fraction of sp³-hybridized carbons (Fsp3) is 0.500. The first-order valence-corrected chi connectivity index (χ1v) is 6.35. The second kappa shape index (κ2) is 5.72. The lowest BCUT2D eigenvalue weighted by Crippen LogP contribution is -2.38. The Morgan fingerprint density at radius 1 is 1.47 bits per heavy atom. The van der Waals surface area contributed by atoms with Crippen molar-refractivity contribution in [3.05, 3.63) is 27.0 Å². The van der Waals surface area contributed by atoms with E-state index in [0.29, 0.717) is 17.4 Å². The number of anilines is 1. The van der Waals surface area contributed by atoms with Crippen LogP contribution in [-0.4, -0.2) is 27.1 Å². The van der Waals surface area contributed by atoms with E-state index in [1.54, 1.807) is 7.05 Å². The van der Waals surface area contributed by atoms with Crippen LogP contribution in [0.25, 0.3) is 0 Å². The largest absolute Gasteiger partial charge is 0.330 e. The second-order valence-electron chi connectivity index (χ2n) is 3.41. The summed E-state index contributed by atoms with van der Waals surface area (Å²) in [6, 6.07) is 0. The molecule has 1 aromatic heterocycles. The average molecular weight is 256 g/mol. The minimum atomic E-state index is -0.356. The summed E-state index contributed by atoms with van der Waals surface area (Å²) in [4.78, 5) is 27.5. The molecule has 0 bridgehead atoms. The van der Waals surface area contributed by atoms with Gasteiger partial charge in [-0.15, -0.1) is 0 Å². The van der Waals surface area contributed by atoms with Crippen molar-refractivity contribution in [2.45, 2.75) is 6.92 Å². The lowest BCUT2D eigenvalue weighted by molar-refractivity contribution is 0.689. The van der Waals surface area contributed by atoms with Crippen molar-refractivity contribution in [1.82, 2.24) is 9.13 Å². The minimum Gasteiger partial charge on any atom is -0.329 e. The van der Waals surface area contributed by atoms with Crippen LogP contribution in [0.1, 0.15) is 6.92 Å². The molecule has 94 valence electrons. The lowest BCUT2D eigenvalue weighted by atomic mass is 10.5. The van der Waals surface area contributed by atoms with Crippen molar-refractivity contribution >= 4 is 22.6 Å². The van der Waals surface area contributed by atoms with Gasteiger partial charge in [0.25, 0.3) is 5.56 Å². The Hall–Kier alpha value is -1.50. The van der Waals surface area contributed by atoms with Gasteiger partial charge in [-0.25, -0.2) is 4.79 Å². The van der Waals surface area contributed by atoms with E-state index in [1.165, 1.54) is 29.6 Å². The standard InChI is InChI=1S/C10H16N4O2S/c1-5-11-9(17-4)12-7-6-13(2)10(16)14(3)8(7)15/h6H,5H2,1-4H3,(H,11,12). The molecule has 0 unspecified atom stereocenters. The van der Waals surface area contributed by atoms with Gasteiger partial charge >= 0.3 is 5.69 Å². The van der Waals surface area contributed by atoms with Gasteiger partial charge in [-0.05, 0) is 13.2 Å². The Morgan fingerprint density at radius 3 is 2.65 bits per heavy atom. The first-order valence-electron chi connectivity index (χ1n) is 5.13. The molecule has 0 fully saturated rings. The van der Waals surface area contributed by atoms with Crippen LogP contribution < -0.4 is 16.6 Å². The molecule has 7 heteroatoms. The molecule has 0 atom stereocenters. The molecule has 0 aliphatic heterocycles. The van der Waals surface area contributed by atoms with Crippen LogP contribution in [0.15, 0.2) is 20.8 Å². The first kappa shape index (κ1) is 13.6. The topological polar surface area (TPSA) is 68.4 Å². The summed E-state index contributed by atoms with van der Waals surface area (Å²) in [6.45, 7) is 2.55. The number of aryl methyl sites for hydroxylation is 1. The van der Waals surface area contributed by atoms with Crippen molar-refractivity contribution in [1.29, 1.82) is 0 Å². The van der Waals surface area contributed by atoms with Gasteiger partial charge in [-0.3, -0.25) is 14.4 Å². The van der Waals surface area contributed by atoms with E-state index in [2.05, 4.69) is 10.3 Å². The van der Waals surface area contributed by atoms with Gasteiger partial charge in [0, 0.05) is 26.8 Å². The molecule has 17 heavy (non-hydrogen) atoms. The van der Waals surface area contributed by atoms with E-state index in [-0.39, 0.29) is 11.2 Å². The molecule has 1 N–H and O–H groups in total. The molecule has 0 amide bonds. The van der Waals surface area contributed by atoms with E-state index in [1.807, 2.05) is 13.2 Å². The van der Waals surface area contributed by atoms with Gasteiger partial charge in [0.2, 0.25) is 0 Å². The van der Waals surface area contributed by atoms with Crippen molar-refractivity contribution in [3.8, 4) is 0 Å². The van der Waals surface area contributed by atoms with Crippen LogP contribution in [0.3, 0.4) is 0 Å². The van der Waals surface area contributed by atoms with E-state index >= 15 is 0 Å². The number of nitrogens with zero attached hydrogens (tertiary/aromatic N) is 3. The summed E-state index contributed by atoms with van der Waals surface area (Å²) in [7, 11) is 3.05. The van der Waals surface area contributed by atoms with Crippen LogP contribution in [0.5, 0.6) is 0 Å². The number of hydrogen-bond donors (Lipinski definition) is 1. The van der Waals surface area contributed by atoms with Crippen LogP contribution in [0.2, 0.25) is 0 Å². The monoisotopic (exact) mass is 256 g/mol. The SMILES string of the molecule is CCN=C(Nc1cn(C)c(=O)n(C)c1=O)SC. The molecule has 0 saturated carbocycles. The van der Waals surface area contributed by atoms with Crippen LogP contribution in [0.4, 0.5) is 5.69 Å². The zero-order valence-corrected chi connectivity index (χ0v) is 11.2. The molecule has 0 aromatic carbocycles. The highest BCUT2D eigenvalue weighted by Crippen LogP contribution is 2.03. The number of thioether (sulfide) groups is 1. The molecule has 6 nitrogen and oxygen atoms in total. The van der Waals surface area contributed by atoms with Crippen molar-refractivity contribution < 1.29 is 0 Å². The summed E-state index contributed by atoms with van der Waals surface area (Å²) < 4.78 is 2.42. The van der Waals surface area contributed by atoms with Gasteiger partial charge in [-0.2, -0.15) is 0 Å². The van der Waals surface area contributed by atoms with Gasteiger partial charge in [0.1, 0.15) is 5.69 Å².